The van der Waals surface area contributed by atoms with E-state index >= 15 is 0 Å². The summed E-state index contributed by atoms with van der Waals surface area (Å²) in [5.74, 6) is -1.41. The van der Waals surface area contributed by atoms with Crippen LogP contribution in [-0.2, 0) is 17.4 Å². The Labute approximate surface area is 123 Å². The van der Waals surface area contributed by atoms with Crippen LogP contribution >= 0.6 is 0 Å². The topological polar surface area (TPSA) is 79.9 Å². The number of amides is 1. The van der Waals surface area contributed by atoms with Gasteiger partial charge in [0.25, 0.3) is 0 Å². The minimum atomic E-state index is -4.63. The number of alkyl halides is 3. The van der Waals surface area contributed by atoms with Crippen LogP contribution in [0.1, 0.15) is 17.8 Å². The third-order valence-electron chi connectivity index (χ3n) is 2.80. The summed E-state index contributed by atoms with van der Waals surface area (Å²) >= 11 is 0. The summed E-state index contributed by atoms with van der Waals surface area (Å²) in [6.07, 6.45) is -4.09. The lowest BCUT2D eigenvalue weighted by molar-refractivity contribution is -0.144. The molecule has 9 heteroatoms. The zero-order valence-electron chi connectivity index (χ0n) is 11.6. The summed E-state index contributed by atoms with van der Waals surface area (Å²) in [6, 6.07) is 7.14. The number of methoxy groups -OCH3 is 1. The van der Waals surface area contributed by atoms with Crippen molar-refractivity contribution >= 4 is 11.9 Å². The van der Waals surface area contributed by atoms with E-state index in [1.807, 2.05) is 0 Å². The highest BCUT2D eigenvalue weighted by atomic mass is 19.4. The molecular weight excluding hydrogens is 301 g/mol. The predicted octanol–water partition coefficient (Wildman–Crippen LogP) is 2.40. The summed E-state index contributed by atoms with van der Waals surface area (Å²) < 4.78 is 42.0. The van der Waals surface area contributed by atoms with Crippen molar-refractivity contribution in [2.24, 2.45) is 0 Å². The molecule has 1 heterocycles. The monoisotopic (exact) mass is 314 g/mol. The minimum Gasteiger partial charge on any atom is -0.497 e. The Hall–Kier alpha value is -2.58. The number of hydrogen-bond acceptors (Lipinski definition) is 4. The lowest BCUT2D eigenvalue weighted by Crippen LogP contribution is -2.14. The van der Waals surface area contributed by atoms with Crippen molar-refractivity contribution in [2.75, 3.05) is 12.4 Å². The van der Waals surface area contributed by atoms with Gasteiger partial charge in [-0.15, -0.1) is 5.10 Å². The van der Waals surface area contributed by atoms with E-state index in [1.54, 1.807) is 36.5 Å². The number of nitrogens with one attached hydrogen (secondary N) is 2. The van der Waals surface area contributed by atoms with Crippen molar-refractivity contribution in [1.29, 1.82) is 0 Å². The maximum Gasteiger partial charge on any atom is 0.451 e. The van der Waals surface area contributed by atoms with Gasteiger partial charge >= 0.3 is 6.18 Å². The van der Waals surface area contributed by atoms with Crippen LogP contribution < -0.4 is 10.1 Å². The third kappa shape index (κ3) is 4.21. The second-order valence-electron chi connectivity index (χ2n) is 4.40. The number of hydrogen-bond donors (Lipinski definition) is 2. The highest BCUT2D eigenvalue weighted by molar-refractivity contribution is 5.89. The zero-order chi connectivity index (χ0) is 16.2. The van der Waals surface area contributed by atoms with Crippen LogP contribution in [0.15, 0.2) is 24.3 Å². The smallest absolute Gasteiger partial charge is 0.451 e. The number of aromatic amines is 1. The summed E-state index contributed by atoms with van der Waals surface area (Å²) in [6.45, 7) is 0. The molecule has 0 bridgehead atoms. The van der Waals surface area contributed by atoms with E-state index in [0.29, 0.717) is 12.2 Å². The van der Waals surface area contributed by atoms with Gasteiger partial charge in [-0.1, -0.05) is 12.1 Å². The molecule has 0 saturated carbocycles. The number of nitrogens with zero attached hydrogens (tertiary/aromatic N) is 2. The molecule has 2 aromatic rings. The maximum atomic E-state index is 12.3. The first-order valence-electron chi connectivity index (χ1n) is 6.31. The second kappa shape index (κ2) is 6.46. The van der Waals surface area contributed by atoms with Gasteiger partial charge in [-0.3, -0.25) is 15.2 Å². The van der Waals surface area contributed by atoms with Gasteiger partial charge in [0.2, 0.25) is 17.7 Å². The van der Waals surface area contributed by atoms with E-state index in [2.05, 4.69) is 15.4 Å². The fraction of sp³-hybridized carbons (Fsp3) is 0.308. The molecule has 118 valence electrons. The molecule has 6 nitrogen and oxygen atoms in total. The van der Waals surface area contributed by atoms with Crippen LogP contribution in [0.4, 0.5) is 19.1 Å². The van der Waals surface area contributed by atoms with Crippen LogP contribution in [0.5, 0.6) is 5.75 Å². The predicted molar refractivity (Wildman–Crippen MR) is 71.3 cm³/mol. The molecule has 0 saturated heterocycles. The van der Waals surface area contributed by atoms with Crippen LogP contribution in [0.2, 0.25) is 0 Å². The van der Waals surface area contributed by atoms with Crippen LogP contribution in [0.25, 0.3) is 0 Å². The van der Waals surface area contributed by atoms with Crippen molar-refractivity contribution in [1.82, 2.24) is 15.2 Å². The van der Waals surface area contributed by atoms with Gasteiger partial charge in [0.05, 0.1) is 7.11 Å². The highest BCUT2D eigenvalue weighted by Crippen LogP contribution is 2.26. The zero-order valence-corrected chi connectivity index (χ0v) is 11.6. The summed E-state index contributed by atoms with van der Waals surface area (Å²) in [5.41, 5.74) is 0.905. The first kappa shape index (κ1) is 15.8. The Morgan fingerprint density at radius 3 is 2.55 bits per heavy atom. The van der Waals surface area contributed by atoms with Gasteiger partial charge in [0.15, 0.2) is 0 Å². The Kier molecular flexibility index (Phi) is 4.64. The second-order valence-corrected chi connectivity index (χ2v) is 4.40. The maximum absolute atomic E-state index is 12.3. The molecule has 0 aliphatic carbocycles. The quantitative estimate of drug-likeness (QED) is 0.888. The molecule has 2 rings (SSSR count). The molecular formula is C13H13F3N4O2. The average molecular weight is 314 g/mol. The lowest BCUT2D eigenvalue weighted by atomic mass is 10.1. The first-order chi connectivity index (χ1) is 10.4. The SMILES string of the molecule is COc1ccc(CCC(=O)Nc2n[nH]c(C(F)(F)F)n2)cc1. The lowest BCUT2D eigenvalue weighted by Gasteiger charge is -2.03. The van der Waals surface area contributed by atoms with Gasteiger partial charge < -0.3 is 4.74 Å². The van der Waals surface area contributed by atoms with Gasteiger partial charge in [-0.2, -0.15) is 18.2 Å². The Morgan fingerprint density at radius 1 is 1.32 bits per heavy atom. The normalized spacial score (nSPS) is 11.3. The highest BCUT2D eigenvalue weighted by Gasteiger charge is 2.35. The molecule has 0 aliphatic rings. The van der Waals surface area contributed by atoms with Crippen molar-refractivity contribution in [3.63, 3.8) is 0 Å². The van der Waals surface area contributed by atoms with Gasteiger partial charge in [-0.25, -0.2) is 0 Å². The molecule has 0 fully saturated rings. The van der Waals surface area contributed by atoms with Gasteiger partial charge in [-0.05, 0) is 24.1 Å². The number of carbonyl (C=O) groups is 1. The summed E-state index contributed by atoms with van der Waals surface area (Å²) in [7, 11) is 1.55. The van der Waals surface area contributed by atoms with E-state index in [-0.39, 0.29) is 6.42 Å². The van der Waals surface area contributed by atoms with Crippen LogP contribution in [0, 0.1) is 0 Å². The molecule has 1 aromatic carbocycles. The number of aromatic nitrogens is 3. The number of anilines is 1. The minimum absolute atomic E-state index is 0.0994. The van der Waals surface area contributed by atoms with Crippen molar-refractivity contribution in [3.05, 3.63) is 35.7 Å². The van der Waals surface area contributed by atoms with Crippen molar-refractivity contribution < 1.29 is 22.7 Å². The number of ether oxygens (including phenoxy) is 1. The molecule has 0 unspecified atom stereocenters. The van der Waals surface area contributed by atoms with E-state index in [0.717, 1.165) is 5.56 Å². The van der Waals surface area contributed by atoms with Gasteiger partial charge in [0.1, 0.15) is 5.75 Å². The van der Waals surface area contributed by atoms with E-state index in [1.165, 1.54) is 0 Å². The summed E-state index contributed by atoms with van der Waals surface area (Å²) in [4.78, 5) is 14.8. The molecule has 0 atom stereocenters. The van der Waals surface area contributed by atoms with E-state index < -0.39 is 23.9 Å². The average Bonchev–Trinajstić information content (AvgIpc) is 2.94. The fourth-order valence-electron chi connectivity index (χ4n) is 1.68. The number of aryl methyl sites for hydroxylation is 1. The Bertz CT molecular complexity index is 637. The van der Waals surface area contributed by atoms with Crippen LogP contribution in [0.3, 0.4) is 0 Å². The van der Waals surface area contributed by atoms with Crippen molar-refractivity contribution in [3.8, 4) is 5.75 Å². The number of rotatable bonds is 5. The Morgan fingerprint density at radius 2 is 2.00 bits per heavy atom. The van der Waals surface area contributed by atoms with E-state index in [9.17, 15) is 18.0 Å². The molecule has 1 aromatic heterocycles. The van der Waals surface area contributed by atoms with Gasteiger partial charge in [0, 0.05) is 6.42 Å². The third-order valence-corrected chi connectivity index (χ3v) is 2.80. The largest absolute Gasteiger partial charge is 0.497 e. The fourth-order valence-corrected chi connectivity index (χ4v) is 1.68. The van der Waals surface area contributed by atoms with Crippen LogP contribution in [-0.4, -0.2) is 28.2 Å². The standard InChI is InChI=1S/C13H13F3N4O2/c1-22-9-5-2-8(3-6-9)4-7-10(21)17-12-18-11(19-20-12)13(14,15)16/h2-3,5-6H,4,7H2,1H3,(H2,17,18,19,20,21). The number of H-pyrrole nitrogens is 1. The number of halogens is 3. The summed E-state index contributed by atoms with van der Waals surface area (Å²) in [5, 5.41) is 7.23. The molecule has 1 amide bonds. The molecule has 2 N–H and O–H groups in total. The molecule has 0 radical (unpaired) electrons. The number of benzene rings is 1. The van der Waals surface area contributed by atoms with E-state index in [4.69, 9.17) is 4.74 Å². The molecule has 0 spiro atoms. The van der Waals surface area contributed by atoms with Crippen molar-refractivity contribution in [2.45, 2.75) is 19.0 Å². The number of carbonyl (C=O) groups excluding carboxylic acids is 1. The molecule has 0 aliphatic heterocycles. The molecule has 22 heavy (non-hydrogen) atoms. The first-order valence-corrected chi connectivity index (χ1v) is 6.31. The Balaban J connectivity index is 1.86.